The first-order valence-electron chi connectivity index (χ1n) is 8.28. The number of aromatic carboxylic acids is 3. The molecule has 146 valence electrons. The molecule has 0 spiro atoms. The van der Waals surface area contributed by atoms with Crippen LogP contribution in [-0.4, -0.2) is 56.4 Å². The van der Waals surface area contributed by atoms with Gasteiger partial charge in [0.25, 0.3) is 0 Å². The van der Waals surface area contributed by atoms with Crippen LogP contribution in [0.25, 0.3) is 21.8 Å². The molecule has 0 aliphatic rings. The van der Waals surface area contributed by atoms with Crippen LogP contribution >= 0.6 is 0 Å². The fraction of sp³-hybridized carbons (Fsp3) is 0.222. The summed E-state index contributed by atoms with van der Waals surface area (Å²) >= 11 is 0. The van der Waals surface area contributed by atoms with Gasteiger partial charge in [0.15, 0.2) is 11.5 Å². The van der Waals surface area contributed by atoms with Crippen molar-refractivity contribution in [1.29, 1.82) is 0 Å². The van der Waals surface area contributed by atoms with Gasteiger partial charge in [0, 0.05) is 10.8 Å². The van der Waals surface area contributed by atoms with Crippen LogP contribution in [0, 0.1) is 0 Å². The molecule has 0 radical (unpaired) electrons. The number of ether oxygens (including phenoxy) is 2. The standard InChI is InChI=1S/C18H16N2O8/c1-3-27-14-8-6-10(18(25)26)19-12(8)11-7(16(21)22)5-9(17(23)24)20-13(11)15(14)28-4-2/h5-6,20H,3-4H2,1-2H3,(H,21,22)(H,23,24)(H,25,26). The number of pyridine rings is 1. The van der Waals surface area contributed by atoms with Gasteiger partial charge in [0.2, 0.25) is 0 Å². The van der Waals surface area contributed by atoms with Gasteiger partial charge in [-0.3, -0.25) is 0 Å². The zero-order valence-electron chi connectivity index (χ0n) is 14.9. The molecule has 0 aliphatic heterocycles. The summed E-state index contributed by atoms with van der Waals surface area (Å²) in [6.45, 7) is 3.78. The van der Waals surface area contributed by atoms with Gasteiger partial charge in [0.1, 0.15) is 11.4 Å². The molecule has 0 unspecified atom stereocenters. The highest BCUT2D eigenvalue weighted by molar-refractivity contribution is 6.19. The third-order valence-electron chi connectivity index (χ3n) is 4.01. The first kappa shape index (κ1) is 19.0. The Labute approximate surface area is 157 Å². The third-order valence-corrected chi connectivity index (χ3v) is 4.01. The maximum Gasteiger partial charge on any atom is 0.354 e. The lowest BCUT2D eigenvalue weighted by molar-refractivity contribution is 0.0678. The topological polar surface area (TPSA) is 159 Å². The highest BCUT2D eigenvalue weighted by Crippen LogP contribution is 2.44. The van der Waals surface area contributed by atoms with Crippen molar-refractivity contribution in [3.63, 3.8) is 0 Å². The quantitative estimate of drug-likeness (QED) is 0.477. The van der Waals surface area contributed by atoms with Gasteiger partial charge < -0.3 is 29.8 Å². The number of hydrogen-bond donors (Lipinski definition) is 4. The molecular weight excluding hydrogens is 372 g/mol. The summed E-state index contributed by atoms with van der Waals surface area (Å²) in [5, 5.41) is 28.6. The average molecular weight is 388 g/mol. The van der Waals surface area contributed by atoms with Gasteiger partial charge >= 0.3 is 17.9 Å². The number of rotatable bonds is 7. The predicted molar refractivity (Wildman–Crippen MR) is 96.8 cm³/mol. The second-order valence-corrected chi connectivity index (χ2v) is 5.69. The Kier molecular flexibility index (Phi) is 4.78. The van der Waals surface area contributed by atoms with Crippen molar-refractivity contribution in [2.75, 3.05) is 13.2 Å². The van der Waals surface area contributed by atoms with Gasteiger partial charge in [0.05, 0.1) is 29.8 Å². The Morgan fingerprint density at radius 1 is 0.964 bits per heavy atom. The minimum absolute atomic E-state index is 0.0342. The number of H-pyrrole nitrogens is 1. The van der Waals surface area contributed by atoms with Crippen LogP contribution in [0.4, 0.5) is 0 Å². The van der Waals surface area contributed by atoms with Crippen molar-refractivity contribution in [1.82, 2.24) is 9.97 Å². The summed E-state index contributed by atoms with van der Waals surface area (Å²) in [5.41, 5.74) is -0.924. The summed E-state index contributed by atoms with van der Waals surface area (Å²) in [6.07, 6.45) is 0. The molecule has 1 aromatic carbocycles. The van der Waals surface area contributed by atoms with E-state index in [4.69, 9.17) is 9.47 Å². The molecule has 28 heavy (non-hydrogen) atoms. The second-order valence-electron chi connectivity index (χ2n) is 5.69. The Bertz CT molecular complexity index is 1130. The van der Waals surface area contributed by atoms with Crippen molar-refractivity contribution in [3.8, 4) is 11.5 Å². The molecule has 0 bridgehead atoms. The van der Waals surface area contributed by atoms with Gasteiger partial charge in [-0.15, -0.1) is 0 Å². The Balaban J connectivity index is 2.62. The molecule has 10 heteroatoms. The maximum absolute atomic E-state index is 11.8. The van der Waals surface area contributed by atoms with E-state index in [1.165, 1.54) is 6.07 Å². The summed E-state index contributed by atoms with van der Waals surface area (Å²) < 4.78 is 11.3. The lowest BCUT2D eigenvalue weighted by Crippen LogP contribution is -2.09. The molecule has 0 amide bonds. The van der Waals surface area contributed by atoms with Crippen molar-refractivity contribution in [2.24, 2.45) is 0 Å². The molecule has 2 aromatic heterocycles. The first-order valence-corrected chi connectivity index (χ1v) is 8.28. The summed E-state index contributed by atoms with van der Waals surface area (Å²) in [6, 6.07) is 2.22. The molecular formula is C18H16N2O8. The summed E-state index contributed by atoms with van der Waals surface area (Å²) in [4.78, 5) is 41.4. The molecule has 3 aromatic rings. The van der Waals surface area contributed by atoms with Crippen LogP contribution in [0.1, 0.15) is 45.2 Å². The number of carboxylic acid groups (broad SMARTS) is 3. The SMILES string of the molecule is CCOc1c(OCC)c2[nH]c(C(=O)O)cc(C(=O)O)c2c2nc(C(=O)O)cc12. The predicted octanol–water partition coefficient (Wildman–Crippen LogP) is 2.61. The van der Waals surface area contributed by atoms with Crippen molar-refractivity contribution < 1.29 is 39.2 Å². The highest BCUT2D eigenvalue weighted by Gasteiger charge is 2.26. The highest BCUT2D eigenvalue weighted by atomic mass is 16.5. The minimum Gasteiger partial charge on any atom is -0.489 e. The monoisotopic (exact) mass is 388 g/mol. The third kappa shape index (κ3) is 2.94. The van der Waals surface area contributed by atoms with Gasteiger partial charge in [-0.1, -0.05) is 0 Å². The van der Waals surface area contributed by atoms with Crippen LogP contribution in [0.3, 0.4) is 0 Å². The number of aromatic amines is 1. The smallest absolute Gasteiger partial charge is 0.354 e. The van der Waals surface area contributed by atoms with Crippen molar-refractivity contribution in [2.45, 2.75) is 13.8 Å². The van der Waals surface area contributed by atoms with Gasteiger partial charge in [-0.2, -0.15) is 0 Å². The fourth-order valence-electron chi connectivity index (χ4n) is 2.98. The molecule has 0 fully saturated rings. The summed E-state index contributed by atoms with van der Waals surface area (Å²) in [7, 11) is 0. The van der Waals surface area contributed by atoms with Gasteiger partial charge in [-0.25, -0.2) is 19.4 Å². The zero-order chi connectivity index (χ0) is 20.6. The maximum atomic E-state index is 11.8. The lowest BCUT2D eigenvalue weighted by atomic mass is 10.0. The zero-order valence-corrected chi connectivity index (χ0v) is 14.9. The molecule has 0 saturated heterocycles. The summed E-state index contributed by atoms with van der Waals surface area (Å²) in [5.74, 6) is -3.82. The fourth-order valence-corrected chi connectivity index (χ4v) is 2.98. The minimum atomic E-state index is -1.39. The second kappa shape index (κ2) is 7.06. The molecule has 3 rings (SSSR count). The number of nitrogens with one attached hydrogen (secondary N) is 1. The van der Waals surface area contributed by atoms with E-state index in [1.54, 1.807) is 13.8 Å². The number of aromatic nitrogens is 2. The Morgan fingerprint density at radius 2 is 1.61 bits per heavy atom. The molecule has 0 atom stereocenters. The first-order chi connectivity index (χ1) is 13.3. The van der Waals surface area contributed by atoms with Crippen LogP contribution in [-0.2, 0) is 0 Å². The van der Waals surface area contributed by atoms with E-state index in [-0.39, 0.29) is 63.5 Å². The largest absolute Gasteiger partial charge is 0.489 e. The Hall–Kier alpha value is -3.82. The van der Waals surface area contributed by atoms with Crippen LogP contribution in [0.15, 0.2) is 12.1 Å². The number of hydrogen-bond acceptors (Lipinski definition) is 6. The van der Waals surface area contributed by atoms with Crippen molar-refractivity contribution >= 4 is 39.7 Å². The Morgan fingerprint density at radius 3 is 2.14 bits per heavy atom. The number of carboxylic acids is 3. The van der Waals surface area contributed by atoms with E-state index >= 15 is 0 Å². The van der Waals surface area contributed by atoms with E-state index in [2.05, 4.69) is 9.97 Å². The number of fused-ring (bicyclic) bond motifs is 3. The number of benzene rings is 1. The van der Waals surface area contributed by atoms with Crippen LogP contribution in [0.5, 0.6) is 11.5 Å². The van der Waals surface area contributed by atoms with Crippen LogP contribution < -0.4 is 9.47 Å². The number of carbonyl (C=O) groups is 3. The molecule has 4 N–H and O–H groups in total. The normalized spacial score (nSPS) is 10.9. The molecule has 0 aliphatic carbocycles. The van der Waals surface area contributed by atoms with Crippen molar-refractivity contribution in [3.05, 3.63) is 29.1 Å². The average Bonchev–Trinajstić information content (AvgIpc) is 3.08. The van der Waals surface area contributed by atoms with E-state index < -0.39 is 17.9 Å². The van der Waals surface area contributed by atoms with Crippen LogP contribution in [0.2, 0.25) is 0 Å². The molecule has 10 nitrogen and oxygen atoms in total. The van der Waals surface area contributed by atoms with E-state index in [0.29, 0.717) is 0 Å². The van der Waals surface area contributed by atoms with E-state index in [9.17, 15) is 29.7 Å². The van der Waals surface area contributed by atoms with Gasteiger partial charge in [-0.05, 0) is 26.0 Å². The van der Waals surface area contributed by atoms with E-state index in [0.717, 1.165) is 6.07 Å². The van der Waals surface area contributed by atoms with E-state index in [1.807, 2.05) is 0 Å². The number of nitrogens with zero attached hydrogens (tertiary/aromatic N) is 1. The molecule has 2 heterocycles. The molecule has 0 saturated carbocycles. The lowest BCUT2D eigenvalue weighted by Gasteiger charge is -2.16.